The Kier molecular flexibility index (Phi) is 5.06. The Bertz CT molecular complexity index is 557. The van der Waals surface area contributed by atoms with Crippen LogP contribution in [0.15, 0.2) is 30.6 Å². The maximum absolute atomic E-state index is 13.2. The van der Waals surface area contributed by atoms with Gasteiger partial charge in [-0.2, -0.15) is 0 Å². The SMILES string of the molecule is COCCCNc1nccn1Cc1ccc(F)c(F)c1. The third-order valence-electron chi connectivity index (χ3n) is 2.86. The molecule has 0 amide bonds. The van der Waals surface area contributed by atoms with Gasteiger partial charge in [0.1, 0.15) is 0 Å². The first-order chi connectivity index (χ1) is 9.70. The fourth-order valence-electron chi connectivity index (χ4n) is 1.86. The van der Waals surface area contributed by atoms with Crippen LogP contribution in [0.3, 0.4) is 0 Å². The van der Waals surface area contributed by atoms with Gasteiger partial charge in [0.05, 0.1) is 6.54 Å². The molecule has 0 saturated carbocycles. The fourth-order valence-corrected chi connectivity index (χ4v) is 1.86. The van der Waals surface area contributed by atoms with Crippen molar-refractivity contribution < 1.29 is 13.5 Å². The molecule has 1 aromatic carbocycles. The van der Waals surface area contributed by atoms with Crippen LogP contribution in [0.1, 0.15) is 12.0 Å². The van der Waals surface area contributed by atoms with Crippen molar-refractivity contribution in [1.82, 2.24) is 9.55 Å². The Hall–Kier alpha value is -1.95. The number of anilines is 1. The van der Waals surface area contributed by atoms with Gasteiger partial charge in [-0.1, -0.05) is 6.07 Å². The van der Waals surface area contributed by atoms with Gasteiger partial charge in [0.15, 0.2) is 11.6 Å². The van der Waals surface area contributed by atoms with E-state index in [9.17, 15) is 8.78 Å². The summed E-state index contributed by atoms with van der Waals surface area (Å²) < 4.78 is 32.9. The van der Waals surface area contributed by atoms with Gasteiger partial charge in [0.25, 0.3) is 0 Å². The molecular formula is C14H17F2N3O. The largest absolute Gasteiger partial charge is 0.385 e. The van der Waals surface area contributed by atoms with E-state index in [0.29, 0.717) is 24.7 Å². The van der Waals surface area contributed by atoms with E-state index in [1.165, 1.54) is 6.07 Å². The summed E-state index contributed by atoms with van der Waals surface area (Å²) in [6.45, 7) is 1.85. The van der Waals surface area contributed by atoms with Crippen molar-refractivity contribution in [3.63, 3.8) is 0 Å². The van der Waals surface area contributed by atoms with Gasteiger partial charge in [-0.3, -0.25) is 0 Å². The van der Waals surface area contributed by atoms with E-state index < -0.39 is 11.6 Å². The Morgan fingerprint density at radius 3 is 2.90 bits per heavy atom. The van der Waals surface area contributed by atoms with E-state index in [2.05, 4.69) is 10.3 Å². The molecule has 108 valence electrons. The Morgan fingerprint density at radius 1 is 1.30 bits per heavy atom. The molecule has 0 saturated heterocycles. The van der Waals surface area contributed by atoms with Gasteiger partial charge in [-0.25, -0.2) is 13.8 Å². The number of benzene rings is 1. The van der Waals surface area contributed by atoms with Crippen LogP contribution in [-0.4, -0.2) is 29.8 Å². The van der Waals surface area contributed by atoms with Crippen LogP contribution in [0.25, 0.3) is 0 Å². The van der Waals surface area contributed by atoms with Gasteiger partial charge < -0.3 is 14.6 Å². The third-order valence-corrected chi connectivity index (χ3v) is 2.86. The van der Waals surface area contributed by atoms with Crippen molar-refractivity contribution >= 4 is 5.95 Å². The summed E-state index contributed by atoms with van der Waals surface area (Å²) in [7, 11) is 1.66. The number of imidazole rings is 1. The van der Waals surface area contributed by atoms with Gasteiger partial charge in [0, 0.05) is 32.7 Å². The van der Waals surface area contributed by atoms with Gasteiger partial charge in [-0.15, -0.1) is 0 Å². The third kappa shape index (κ3) is 3.77. The number of nitrogens with one attached hydrogen (secondary N) is 1. The molecule has 0 radical (unpaired) electrons. The maximum atomic E-state index is 13.2. The molecule has 4 nitrogen and oxygen atoms in total. The summed E-state index contributed by atoms with van der Waals surface area (Å²) in [6.07, 6.45) is 4.33. The van der Waals surface area contributed by atoms with E-state index in [-0.39, 0.29) is 0 Å². The number of nitrogens with zero attached hydrogens (tertiary/aromatic N) is 2. The zero-order chi connectivity index (χ0) is 14.4. The van der Waals surface area contributed by atoms with Gasteiger partial charge in [-0.05, 0) is 24.1 Å². The number of hydrogen-bond acceptors (Lipinski definition) is 3. The fraction of sp³-hybridized carbons (Fsp3) is 0.357. The molecule has 0 aliphatic heterocycles. The van der Waals surface area contributed by atoms with Crippen molar-refractivity contribution in [3.8, 4) is 0 Å². The summed E-state index contributed by atoms with van der Waals surface area (Å²) in [4.78, 5) is 4.19. The first kappa shape index (κ1) is 14.5. The van der Waals surface area contributed by atoms with Crippen LogP contribution in [0.2, 0.25) is 0 Å². The van der Waals surface area contributed by atoms with E-state index in [0.717, 1.165) is 19.0 Å². The highest BCUT2D eigenvalue weighted by Gasteiger charge is 2.06. The molecule has 1 N–H and O–H groups in total. The normalized spacial score (nSPS) is 10.8. The molecule has 0 fully saturated rings. The molecule has 0 bridgehead atoms. The van der Waals surface area contributed by atoms with Crippen LogP contribution in [-0.2, 0) is 11.3 Å². The topological polar surface area (TPSA) is 39.1 Å². The molecule has 0 aliphatic carbocycles. The smallest absolute Gasteiger partial charge is 0.203 e. The van der Waals surface area contributed by atoms with Crippen LogP contribution < -0.4 is 5.32 Å². The van der Waals surface area contributed by atoms with E-state index in [1.807, 2.05) is 4.57 Å². The second-order valence-corrected chi connectivity index (χ2v) is 4.40. The van der Waals surface area contributed by atoms with Crippen LogP contribution in [0, 0.1) is 11.6 Å². The molecule has 2 aromatic rings. The lowest BCUT2D eigenvalue weighted by Crippen LogP contribution is -2.11. The molecule has 0 atom stereocenters. The summed E-state index contributed by atoms with van der Waals surface area (Å²) in [5, 5.41) is 3.18. The van der Waals surface area contributed by atoms with Crippen LogP contribution in [0.5, 0.6) is 0 Å². The van der Waals surface area contributed by atoms with Crippen molar-refractivity contribution in [2.45, 2.75) is 13.0 Å². The van der Waals surface area contributed by atoms with E-state index in [1.54, 1.807) is 25.6 Å². The summed E-state index contributed by atoms with van der Waals surface area (Å²) in [5.74, 6) is -0.972. The molecule has 1 heterocycles. The molecule has 0 unspecified atom stereocenters. The van der Waals surface area contributed by atoms with E-state index >= 15 is 0 Å². The van der Waals surface area contributed by atoms with Gasteiger partial charge in [0.2, 0.25) is 5.95 Å². The number of rotatable bonds is 7. The Balaban J connectivity index is 1.99. The maximum Gasteiger partial charge on any atom is 0.203 e. The lowest BCUT2D eigenvalue weighted by Gasteiger charge is -2.10. The number of hydrogen-bond donors (Lipinski definition) is 1. The number of aromatic nitrogens is 2. The first-order valence-electron chi connectivity index (χ1n) is 6.38. The number of halogens is 2. The standard InChI is InChI=1S/C14H17F2N3O/c1-20-8-2-5-17-14-18-6-7-19(14)10-11-3-4-12(15)13(16)9-11/h3-4,6-7,9H,2,5,8,10H2,1H3,(H,17,18). The lowest BCUT2D eigenvalue weighted by molar-refractivity contribution is 0.197. The van der Waals surface area contributed by atoms with Gasteiger partial charge >= 0.3 is 0 Å². The quantitative estimate of drug-likeness (QED) is 0.793. The second kappa shape index (κ2) is 7.00. The highest BCUT2D eigenvalue weighted by Crippen LogP contribution is 2.13. The lowest BCUT2D eigenvalue weighted by atomic mass is 10.2. The number of ether oxygens (including phenoxy) is 1. The minimum Gasteiger partial charge on any atom is -0.385 e. The second-order valence-electron chi connectivity index (χ2n) is 4.40. The molecule has 0 spiro atoms. The molecule has 6 heteroatoms. The Labute approximate surface area is 116 Å². The summed E-state index contributed by atoms with van der Waals surface area (Å²) in [5.41, 5.74) is 0.682. The highest BCUT2D eigenvalue weighted by molar-refractivity contribution is 5.28. The predicted molar refractivity (Wildman–Crippen MR) is 72.7 cm³/mol. The van der Waals surface area contributed by atoms with Crippen molar-refractivity contribution in [2.75, 3.05) is 25.6 Å². The minimum atomic E-state index is -0.836. The molecule has 0 aliphatic rings. The van der Waals surface area contributed by atoms with Crippen molar-refractivity contribution in [1.29, 1.82) is 0 Å². The highest BCUT2D eigenvalue weighted by atomic mass is 19.2. The van der Waals surface area contributed by atoms with Crippen LogP contribution in [0.4, 0.5) is 14.7 Å². The first-order valence-corrected chi connectivity index (χ1v) is 6.38. The summed E-state index contributed by atoms with van der Waals surface area (Å²) in [6, 6.07) is 3.89. The molecule has 2 rings (SSSR count). The minimum absolute atomic E-state index is 0.434. The summed E-state index contributed by atoms with van der Waals surface area (Å²) >= 11 is 0. The Morgan fingerprint density at radius 2 is 2.15 bits per heavy atom. The zero-order valence-corrected chi connectivity index (χ0v) is 11.3. The molecule has 1 aromatic heterocycles. The zero-order valence-electron chi connectivity index (χ0n) is 11.3. The number of methoxy groups -OCH3 is 1. The van der Waals surface area contributed by atoms with Crippen molar-refractivity contribution in [2.24, 2.45) is 0 Å². The van der Waals surface area contributed by atoms with Crippen molar-refractivity contribution in [3.05, 3.63) is 47.8 Å². The average Bonchev–Trinajstić information content (AvgIpc) is 2.86. The van der Waals surface area contributed by atoms with Crippen LogP contribution >= 0.6 is 0 Å². The monoisotopic (exact) mass is 281 g/mol. The average molecular weight is 281 g/mol. The van der Waals surface area contributed by atoms with E-state index in [4.69, 9.17) is 4.74 Å². The molecular weight excluding hydrogens is 264 g/mol. The predicted octanol–water partition coefficient (Wildman–Crippen LogP) is 2.66. The molecule has 20 heavy (non-hydrogen) atoms.